The van der Waals surface area contributed by atoms with Gasteiger partial charge >= 0.3 is 5.97 Å². The van der Waals surface area contributed by atoms with Gasteiger partial charge < -0.3 is 10.4 Å². The van der Waals surface area contributed by atoms with Gasteiger partial charge in [-0.05, 0) is 32.2 Å². The van der Waals surface area contributed by atoms with E-state index >= 15 is 0 Å². The molecule has 1 aliphatic heterocycles. The zero-order valence-electron chi connectivity index (χ0n) is 10.3. The average Bonchev–Trinajstić information content (AvgIpc) is 3.09. The molecule has 18 heavy (non-hydrogen) atoms. The molecule has 1 aliphatic carbocycles. The normalized spacial score (nSPS) is 25.3. The smallest absolute Gasteiger partial charge is 0.320 e. The maximum Gasteiger partial charge on any atom is 0.320 e. The number of sulfonamides is 1. The fourth-order valence-corrected chi connectivity index (χ4v) is 3.94. The van der Waals surface area contributed by atoms with Crippen molar-refractivity contribution in [3.05, 3.63) is 0 Å². The molecule has 0 aromatic heterocycles. The number of piperidine rings is 1. The molecule has 7 heteroatoms. The van der Waals surface area contributed by atoms with E-state index in [0.717, 1.165) is 38.6 Å². The van der Waals surface area contributed by atoms with Gasteiger partial charge in [0.15, 0.2) is 5.75 Å². The molecule has 0 aromatic carbocycles. The van der Waals surface area contributed by atoms with Crippen molar-refractivity contribution in [1.82, 2.24) is 9.62 Å². The molecule has 1 saturated heterocycles. The van der Waals surface area contributed by atoms with E-state index in [-0.39, 0.29) is 12.1 Å². The summed E-state index contributed by atoms with van der Waals surface area (Å²) >= 11 is 0. The molecule has 0 aromatic rings. The van der Waals surface area contributed by atoms with Gasteiger partial charge in [0, 0.05) is 18.6 Å². The van der Waals surface area contributed by atoms with E-state index in [0.29, 0.717) is 6.54 Å². The van der Waals surface area contributed by atoms with E-state index in [2.05, 4.69) is 5.32 Å². The molecule has 1 atom stereocenters. The summed E-state index contributed by atoms with van der Waals surface area (Å²) in [4.78, 5) is 10.6. The van der Waals surface area contributed by atoms with Crippen LogP contribution in [0, 0.1) is 0 Å². The van der Waals surface area contributed by atoms with Crippen LogP contribution in [0.15, 0.2) is 0 Å². The summed E-state index contributed by atoms with van der Waals surface area (Å²) in [5, 5.41) is 12.0. The molecule has 2 aliphatic rings. The monoisotopic (exact) mass is 276 g/mol. The largest absolute Gasteiger partial charge is 0.480 e. The zero-order chi connectivity index (χ0) is 13.2. The van der Waals surface area contributed by atoms with E-state index in [1.807, 2.05) is 0 Å². The Labute approximate surface area is 107 Å². The standard InChI is InChI=1S/C11H20N2O4S/c14-11(15)8-18(16,17)13(10-4-5-10)7-9-3-1-2-6-12-9/h9-10,12H,1-8H2,(H,14,15). The molecule has 1 unspecified atom stereocenters. The predicted molar refractivity (Wildman–Crippen MR) is 66.8 cm³/mol. The van der Waals surface area contributed by atoms with Gasteiger partial charge in [-0.1, -0.05) is 6.42 Å². The van der Waals surface area contributed by atoms with Crippen molar-refractivity contribution in [3.63, 3.8) is 0 Å². The molecule has 104 valence electrons. The van der Waals surface area contributed by atoms with Crippen molar-refractivity contribution in [1.29, 1.82) is 0 Å². The molecule has 0 bridgehead atoms. The van der Waals surface area contributed by atoms with Gasteiger partial charge in [0.1, 0.15) is 0 Å². The molecule has 0 radical (unpaired) electrons. The van der Waals surface area contributed by atoms with E-state index in [9.17, 15) is 13.2 Å². The van der Waals surface area contributed by atoms with Gasteiger partial charge in [-0.3, -0.25) is 4.79 Å². The molecule has 2 fully saturated rings. The lowest BCUT2D eigenvalue weighted by Gasteiger charge is -2.29. The molecule has 1 heterocycles. The van der Waals surface area contributed by atoms with Gasteiger partial charge in [-0.25, -0.2) is 8.42 Å². The minimum absolute atomic E-state index is 0.0260. The number of aliphatic carboxylic acids is 1. The summed E-state index contributed by atoms with van der Waals surface area (Å²) < 4.78 is 25.4. The van der Waals surface area contributed by atoms with Gasteiger partial charge in [-0.15, -0.1) is 0 Å². The Balaban J connectivity index is 2.01. The zero-order valence-corrected chi connectivity index (χ0v) is 11.2. The molecule has 2 rings (SSSR count). The Hall–Kier alpha value is -0.660. The topological polar surface area (TPSA) is 86.7 Å². The fraction of sp³-hybridized carbons (Fsp3) is 0.909. The SMILES string of the molecule is O=C(O)CS(=O)(=O)N(CC1CCCCN1)C1CC1. The number of nitrogens with zero attached hydrogens (tertiary/aromatic N) is 1. The van der Waals surface area contributed by atoms with Crippen LogP contribution >= 0.6 is 0 Å². The highest BCUT2D eigenvalue weighted by Gasteiger charge is 2.39. The molecular weight excluding hydrogens is 256 g/mol. The summed E-state index contributed by atoms with van der Waals surface area (Å²) in [6.45, 7) is 1.34. The second-order valence-corrected chi connectivity index (χ2v) is 7.02. The molecular formula is C11H20N2O4S. The maximum absolute atomic E-state index is 12.0. The van der Waals surface area contributed by atoms with Gasteiger partial charge in [0.25, 0.3) is 0 Å². The van der Waals surface area contributed by atoms with Crippen LogP contribution in [-0.4, -0.2) is 54.7 Å². The number of hydrogen-bond acceptors (Lipinski definition) is 4. The lowest BCUT2D eigenvalue weighted by molar-refractivity contribution is -0.134. The van der Waals surface area contributed by atoms with Gasteiger partial charge in [0.05, 0.1) is 0 Å². The van der Waals surface area contributed by atoms with Crippen molar-refractivity contribution in [2.75, 3.05) is 18.8 Å². The highest BCUT2D eigenvalue weighted by Crippen LogP contribution is 2.30. The molecule has 2 N–H and O–H groups in total. The number of nitrogens with one attached hydrogen (secondary N) is 1. The third kappa shape index (κ3) is 3.66. The lowest BCUT2D eigenvalue weighted by atomic mass is 10.1. The third-order valence-electron chi connectivity index (χ3n) is 3.43. The summed E-state index contributed by atoms with van der Waals surface area (Å²) in [5.41, 5.74) is 0. The summed E-state index contributed by atoms with van der Waals surface area (Å²) in [7, 11) is -3.66. The first-order valence-electron chi connectivity index (χ1n) is 6.44. The molecule has 0 spiro atoms. The Kier molecular flexibility index (Phi) is 4.24. The van der Waals surface area contributed by atoms with E-state index in [1.54, 1.807) is 0 Å². The first-order chi connectivity index (χ1) is 8.49. The van der Waals surface area contributed by atoms with E-state index in [1.165, 1.54) is 4.31 Å². The Bertz CT molecular complexity index is 399. The average molecular weight is 276 g/mol. The highest BCUT2D eigenvalue weighted by molar-refractivity contribution is 7.89. The second-order valence-electron chi connectivity index (χ2n) is 5.10. The van der Waals surface area contributed by atoms with Crippen molar-refractivity contribution < 1.29 is 18.3 Å². The summed E-state index contributed by atoms with van der Waals surface area (Å²) in [5.74, 6) is -2.08. The van der Waals surface area contributed by atoms with E-state index < -0.39 is 21.7 Å². The molecule has 0 amide bonds. The number of rotatable bonds is 6. The number of hydrogen-bond donors (Lipinski definition) is 2. The fourth-order valence-electron chi connectivity index (χ4n) is 2.39. The number of carboxylic acids is 1. The van der Waals surface area contributed by atoms with E-state index in [4.69, 9.17) is 5.11 Å². The maximum atomic E-state index is 12.0. The highest BCUT2D eigenvalue weighted by atomic mass is 32.2. The van der Waals surface area contributed by atoms with Crippen molar-refractivity contribution in [2.24, 2.45) is 0 Å². The minimum Gasteiger partial charge on any atom is -0.480 e. The van der Waals surface area contributed by atoms with Crippen LogP contribution < -0.4 is 5.32 Å². The number of carbonyl (C=O) groups is 1. The predicted octanol–water partition coefficient (Wildman–Crippen LogP) is 0.00730. The molecule has 1 saturated carbocycles. The Morgan fingerprint density at radius 2 is 2.00 bits per heavy atom. The summed E-state index contributed by atoms with van der Waals surface area (Å²) in [6, 6.07) is 0.195. The second kappa shape index (κ2) is 5.54. The third-order valence-corrected chi connectivity index (χ3v) is 5.20. The first-order valence-corrected chi connectivity index (χ1v) is 8.04. The van der Waals surface area contributed by atoms with Gasteiger partial charge in [0.2, 0.25) is 10.0 Å². The van der Waals surface area contributed by atoms with Crippen LogP contribution in [-0.2, 0) is 14.8 Å². The van der Waals surface area contributed by atoms with Crippen LogP contribution in [0.3, 0.4) is 0 Å². The van der Waals surface area contributed by atoms with Crippen molar-refractivity contribution >= 4 is 16.0 Å². The summed E-state index contributed by atoms with van der Waals surface area (Å²) in [6.07, 6.45) is 4.90. The van der Waals surface area contributed by atoms with Crippen LogP contribution in [0.2, 0.25) is 0 Å². The first kappa shape index (κ1) is 13.8. The number of carboxylic acid groups (broad SMARTS) is 1. The molecule has 6 nitrogen and oxygen atoms in total. The van der Waals surface area contributed by atoms with Crippen LogP contribution in [0.5, 0.6) is 0 Å². The lowest BCUT2D eigenvalue weighted by Crippen LogP contribution is -2.47. The van der Waals surface area contributed by atoms with Crippen LogP contribution in [0.4, 0.5) is 0 Å². The quantitative estimate of drug-likeness (QED) is 0.713. The van der Waals surface area contributed by atoms with Crippen LogP contribution in [0.25, 0.3) is 0 Å². The Morgan fingerprint density at radius 1 is 1.28 bits per heavy atom. The van der Waals surface area contributed by atoms with Crippen molar-refractivity contribution in [2.45, 2.75) is 44.2 Å². The van der Waals surface area contributed by atoms with Gasteiger partial charge in [-0.2, -0.15) is 4.31 Å². The van der Waals surface area contributed by atoms with Crippen LogP contribution in [0.1, 0.15) is 32.1 Å². The minimum atomic E-state index is -3.66. The van der Waals surface area contributed by atoms with Crippen molar-refractivity contribution in [3.8, 4) is 0 Å². The Morgan fingerprint density at radius 3 is 2.50 bits per heavy atom.